The van der Waals surface area contributed by atoms with Crippen molar-refractivity contribution in [3.63, 3.8) is 0 Å². The topological polar surface area (TPSA) is 110 Å². The zero-order valence-corrected chi connectivity index (χ0v) is 9.15. The van der Waals surface area contributed by atoms with Crippen molar-refractivity contribution < 1.29 is 19.6 Å². The van der Waals surface area contributed by atoms with Crippen molar-refractivity contribution in [2.75, 3.05) is 5.75 Å². The third kappa shape index (κ3) is 3.39. The molecule has 0 aliphatic rings. The lowest BCUT2D eigenvalue weighted by Gasteiger charge is -2.18. The van der Waals surface area contributed by atoms with Crippen molar-refractivity contribution in [3.05, 3.63) is 10.1 Å². The number of thiol groups is 1. The molecule has 15 heavy (non-hydrogen) atoms. The van der Waals surface area contributed by atoms with Crippen LogP contribution in [0.25, 0.3) is 0 Å². The molecule has 0 radical (unpaired) electrons. The quantitative estimate of drug-likeness (QED) is 0.340. The van der Waals surface area contributed by atoms with Crippen molar-refractivity contribution in [2.45, 2.75) is 25.4 Å². The highest BCUT2D eigenvalue weighted by Crippen LogP contribution is 2.08. The van der Waals surface area contributed by atoms with Crippen LogP contribution in [-0.4, -0.2) is 39.2 Å². The predicted octanol–water partition coefficient (Wildman–Crippen LogP) is -0.459. The minimum absolute atomic E-state index is 0.130. The van der Waals surface area contributed by atoms with Crippen molar-refractivity contribution in [3.8, 4) is 0 Å². The summed E-state index contributed by atoms with van der Waals surface area (Å²) in [4.78, 5) is 31.6. The van der Waals surface area contributed by atoms with E-state index < -0.39 is 28.4 Å². The van der Waals surface area contributed by atoms with Crippen LogP contribution in [0.4, 0.5) is 0 Å². The predicted molar refractivity (Wildman–Crippen MR) is 54.5 cm³/mol. The molecule has 0 aromatic carbocycles. The second kappa shape index (κ2) is 4.96. The van der Waals surface area contributed by atoms with Crippen LogP contribution >= 0.6 is 12.6 Å². The van der Waals surface area contributed by atoms with Gasteiger partial charge in [0.05, 0.1) is 0 Å². The Balaban J connectivity index is 4.61. The number of amides is 1. The summed E-state index contributed by atoms with van der Waals surface area (Å²) in [6, 6.07) is -1.22. The molecule has 0 bridgehead atoms. The monoisotopic (exact) mass is 236 g/mol. The molecule has 7 nitrogen and oxygen atoms in total. The Bertz CT molecular complexity index is 291. The molecule has 8 heteroatoms. The largest absolute Gasteiger partial charge is 0.480 e. The first-order valence-electron chi connectivity index (χ1n) is 4.02. The van der Waals surface area contributed by atoms with E-state index in [0.717, 1.165) is 13.8 Å². The van der Waals surface area contributed by atoms with E-state index in [4.69, 9.17) is 5.11 Å². The molecule has 0 saturated heterocycles. The third-order valence-electron chi connectivity index (χ3n) is 1.80. The van der Waals surface area contributed by atoms with Gasteiger partial charge in [-0.15, -0.1) is 0 Å². The molecule has 2 N–H and O–H groups in total. The number of nitro groups is 1. The van der Waals surface area contributed by atoms with E-state index >= 15 is 0 Å². The zero-order valence-electron chi connectivity index (χ0n) is 8.26. The Morgan fingerprint density at radius 2 is 2.07 bits per heavy atom. The molecule has 0 spiro atoms. The molecule has 0 heterocycles. The van der Waals surface area contributed by atoms with Crippen LogP contribution in [0, 0.1) is 10.1 Å². The van der Waals surface area contributed by atoms with E-state index in [1.54, 1.807) is 0 Å². The summed E-state index contributed by atoms with van der Waals surface area (Å²) >= 11 is 3.71. The number of carbonyl (C=O) groups excluding carboxylic acids is 1. The van der Waals surface area contributed by atoms with Gasteiger partial charge in [0.25, 0.3) is 11.4 Å². The van der Waals surface area contributed by atoms with Crippen molar-refractivity contribution in [1.82, 2.24) is 5.32 Å². The maximum absolute atomic E-state index is 11.3. The molecule has 1 atom stereocenters. The summed E-state index contributed by atoms with van der Waals surface area (Å²) < 4.78 is 0. The SMILES string of the molecule is CC(C)(C(=O)N[C@@H](CS)C(=O)O)[N+](=O)[O-]. The highest BCUT2D eigenvalue weighted by atomic mass is 32.1. The third-order valence-corrected chi connectivity index (χ3v) is 2.16. The number of hydrogen-bond donors (Lipinski definition) is 3. The van der Waals surface area contributed by atoms with Crippen molar-refractivity contribution >= 4 is 24.5 Å². The van der Waals surface area contributed by atoms with Gasteiger partial charge in [0.2, 0.25) is 0 Å². The number of hydrogen-bond acceptors (Lipinski definition) is 5. The van der Waals surface area contributed by atoms with Gasteiger partial charge >= 0.3 is 5.97 Å². The minimum Gasteiger partial charge on any atom is -0.480 e. The standard InChI is InChI=1S/C7H12N2O5S/c1-7(2,9(13)14)6(12)8-4(3-15)5(10)11/h4,15H,3H2,1-2H3,(H,8,12)(H,10,11)/t4-/m0/s1. The van der Waals surface area contributed by atoms with Crippen LogP contribution in [0.2, 0.25) is 0 Å². The van der Waals surface area contributed by atoms with Crippen LogP contribution < -0.4 is 5.32 Å². The lowest BCUT2D eigenvalue weighted by molar-refractivity contribution is -0.543. The van der Waals surface area contributed by atoms with Crippen LogP contribution in [0.15, 0.2) is 0 Å². The molecule has 86 valence electrons. The van der Waals surface area contributed by atoms with E-state index in [1.165, 1.54) is 0 Å². The zero-order chi connectivity index (χ0) is 12.2. The van der Waals surface area contributed by atoms with E-state index in [-0.39, 0.29) is 5.75 Å². The van der Waals surface area contributed by atoms with Gasteiger partial charge in [-0.2, -0.15) is 12.6 Å². The van der Waals surface area contributed by atoms with Gasteiger partial charge in [-0.05, 0) is 0 Å². The lowest BCUT2D eigenvalue weighted by atomic mass is 10.1. The van der Waals surface area contributed by atoms with E-state index in [0.29, 0.717) is 0 Å². The van der Waals surface area contributed by atoms with Gasteiger partial charge in [0.1, 0.15) is 6.04 Å². The van der Waals surface area contributed by atoms with Crippen molar-refractivity contribution in [1.29, 1.82) is 0 Å². The Labute approximate surface area is 91.4 Å². The number of aliphatic carboxylic acids is 1. The fourth-order valence-electron chi connectivity index (χ4n) is 0.603. The van der Waals surface area contributed by atoms with Gasteiger partial charge in [0.15, 0.2) is 0 Å². The first kappa shape index (κ1) is 13.7. The van der Waals surface area contributed by atoms with Gasteiger partial charge in [-0.3, -0.25) is 14.9 Å². The lowest BCUT2D eigenvalue weighted by Crippen LogP contribution is -2.53. The first-order chi connectivity index (χ1) is 6.73. The summed E-state index contributed by atoms with van der Waals surface area (Å²) in [6.45, 7) is 2.19. The van der Waals surface area contributed by atoms with E-state index in [1.807, 2.05) is 5.32 Å². The molecule has 0 aromatic heterocycles. The van der Waals surface area contributed by atoms with Gasteiger partial charge in [-0.25, -0.2) is 4.79 Å². The molecule has 0 aliphatic carbocycles. The number of rotatable bonds is 5. The summed E-state index contributed by atoms with van der Waals surface area (Å²) in [6.07, 6.45) is 0. The molecule has 0 rings (SSSR count). The maximum Gasteiger partial charge on any atom is 0.327 e. The van der Waals surface area contributed by atoms with Gasteiger partial charge < -0.3 is 10.4 Å². The highest BCUT2D eigenvalue weighted by Gasteiger charge is 2.41. The van der Waals surface area contributed by atoms with Crippen LogP contribution in [0.3, 0.4) is 0 Å². The molecule has 0 aromatic rings. The van der Waals surface area contributed by atoms with Crippen LogP contribution in [0.1, 0.15) is 13.8 Å². The molecular formula is C7H12N2O5S. The normalized spacial score (nSPS) is 13.0. The van der Waals surface area contributed by atoms with Crippen molar-refractivity contribution in [2.24, 2.45) is 0 Å². The maximum atomic E-state index is 11.3. The second-order valence-electron chi connectivity index (χ2n) is 3.36. The summed E-state index contributed by atoms with van der Waals surface area (Å²) in [5.74, 6) is -2.36. The smallest absolute Gasteiger partial charge is 0.327 e. The first-order valence-corrected chi connectivity index (χ1v) is 4.65. The van der Waals surface area contributed by atoms with Crippen LogP contribution in [0.5, 0.6) is 0 Å². The second-order valence-corrected chi connectivity index (χ2v) is 3.73. The number of nitrogens with zero attached hydrogens (tertiary/aromatic N) is 1. The number of nitrogens with one attached hydrogen (secondary N) is 1. The summed E-state index contributed by atoms with van der Waals surface area (Å²) in [5.41, 5.74) is -1.85. The molecule has 0 unspecified atom stereocenters. The Morgan fingerprint density at radius 1 is 1.60 bits per heavy atom. The van der Waals surface area contributed by atoms with Gasteiger partial charge in [0, 0.05) is 24.5 Å². The summed E-state index contributed by atoms with van der Waals surface area (Å²) in [7, 11) is 0. The average Bonchev–Trinajstić information content (AvgIpc) is 2.12. The Kier molecular flexibility index (Phi) is 4.53. The minimum atomic E-state index is -1.85. The summed E-state index contributed by atoms with van der Waals surface area (Å²) in [5, 5.41) is 21.1. The number of carbonyl (C=O) groups is 2. The molecule has 0 fully saturated rings. The van der Waals surface area contributed by atoms with E-state index in [9.17, 15) is 19.7 Å². The van der Waals surface area contributed by atoms with E-state index in [2.05, 4.69) is 12.6 Å². The molecule has 0 aliphatic heterocycles. The molecular weight excluding hydrogens is 224 g/mol. The fourth-order valence-corrected chi connectivity index (χ4v) is 0.851. The van der Waals surface area contributed by atoms with Gasteiger partial charge in [-0.1, -0.05) is 0 Å². The fraction of sp³-hybridized carbons (Fsp3) is 0.714. The average molecular weight is 236 g/mol. The molecule has 0 saturated carbocycles. The number of carboxylic acid groups (broad SMARTS) is 1. The number of carboxylic acids is 1. The van der Waals surface area contributed by atoms with Crippen LogP contribution in [-0.2, 0) is 9.59 Å². The Hall–Kier alpha value is -1.31. The Morgan fingerprint density at radius 3 is 2.33 bits per heavy atom. The highest BCUT2D eigenvalue weighted by molar-refractivity contribution is 7.80. The molecule has 1 amide bonds.